The van der Waals surface area contributed by atoms with E-state index in [1.165, 1.54) is 0 Å². The number of aliphatic hydroxyl groups excluding tert-OH is 2. The van der Waals surface area contributed by atoms with Gasteiger partial charge in [0.25, 0.3) is 0 Å². The van der Waals surface area contributed by atoms with Crippen LogP contribution in [0.4, 0.5) is 0 Å². The lowest BCUT2D eigenvalue weighted by Gasteiger charge is -2.16. The van der Waals surface area contributed by atoms with E-state index in [1.54, 1.807) is 0 Å². The van der Waals surface area contributed by atoms with Gasteiger partial charge in [0, 0.05) is 48.4 Å². The topological polar surface area (TPSA) is 131 Å². The monoisotopic (exact) mass is 590 g/mol. The van der Waals surface area contributed by atoms with Gasteiger partial charge in [-0.3, -0.25) is 0 Å². The van der Waals surface area contributed by atoms with Crippen LogP contribution in [-0.4, -0.2) is 36.5 Å². The van der Waals surface area contributed by atoms with Crippen LogP contribution in [0.25, 0.3) is 11.1 Å². The summed E-state index contributed by atoms with van der Waals surface area (Å²) in [6.45, 7) is 6.93. The average molecular weight is 591 g/mol. The Morgan fingerprint density at radius 2 is 1.07 bits per heavy atom. The van der Waals surface area contributed by atoms with E-state index in [-0.39, 0.29) is 26.4 Å². The maximum atomic E-state index is 10.2. The second kappa shape index (κ2) is 16.2. The summed E-state index contributed by atoms with van der Waals surface area (Å²) < 4.78 is 12.3. The van der Waals surface area contributed by atoms with E-state index >= 15 is 0 Å². The van der Waals surface area contributed by atoms with E-state index in [1.807, 2.05) is 86.6 Å². The Kier molecular flexibility index (Phi) is 11.9. The van der Waals surface area contributed by atoms with Crippen LogP contribution in [0.3, 0.4) is 0 Å². The molecule has 226 valence electrons. The maximum absolute atomic E-state index is 10.2. The number of benzene rings is 4. The number of aryl methyl sites for hydroxylation is 2. The largest absolute Gasteiger partial charge is 0.489 e. The van der Waals surface area contributed by atoms with Gasteiger partial charge < -0.3 is 30.3 Å². The molecule has 0 atom stereocenters. The van der Waals surface area contributed by atoms with Crippen molar-refractivity contribution in [2.45, 2.75) is 40.2 Å². The Morgan fingerprint density at radius 1 is 0.636 bits per heavy atom. The molecule has 0 heterocycles. The molecule has 0 saturated carbocycles. The van der Waals surface area contributed by atoms with Crippen LogP contribution < -0.4 is 20.1 Å². The summed E-state index contributed by atoms with van der Waals surface area (Å²) in [6.07, 6.45) is 0. The van der Waals surface area contributed by atoms with Gasteiger partial charge in [-0.1, -0.05) is 60.7 Å². The quantitative estimate of drug-likeness (QED) is 0.142. The van der Waals surface area contributed by atoms with E-state index < -0.39 is 0 Å². The summed E-state index contributed by atoms with van der Waals surface area (Å²) >= 11 is 0. The molecular formula is C36H38N4O4. The summed E-state index contributed by atoms with van der Waals surface area (Å²) in [5.41, 5.74) is 7.87. The lowest BCUT2D eigenvalue weighted by atomic mass is 9.91. The van der Waals surface area contributed by atoms with Crippen molar-refractivity contribution >= 4 is 0 Å². The van der Waals surface area contributed by atoms with Crippen molar-refractivity contribution in [1.29, 1.82) is 10.5 Å². The third-order valence-electron chi connectivity index (χ3n) is 7.30. The first kappa shape index (κ1) is 32.2. The molecule has 8 nitrogen and oxygen atoms in total. The molecule has 4 rings (SSSR count). The SMILES string of the molecule is Cc1cc(CNCCO)ccc1OCc1cccc(-c2cccc(COc3ccc(CNCCO)cc3C)c2C#N)c1C#N. The highest BCUT2D eigenvalue weighted by Gasteiger charge is 2.17. The lowest BCUT2D eigenvalue weighted by Crippen LogP contribution is -2.17. The van der Waals surface area contributed by atoms with Crippen LogP contribution in [0.2, 0.25) is 0 Å². The molecule has 8 heteroatoms. The zero-order valence-electron chi connectivity index (χ0n) is 25.2. The molecule has 4 aromatic carbocycles. The number of aliphatic hydroxyl groups is 2. The van der Waals surface area contributed by atoms with E-state index in [4.69, 9.17) is 19.7 Å². The number of hydrogen-bond donors (Lipinski definition) is 4. The van der Waals surface area contributed by atoms with Gasteiger partial charge in [-0.15, -0.1) is 0 Å². The molecule has 0 amide bonds. The predicted octanol–water partition coefficient (Wildman–Crippen LogP) is 5.04. The van der Waals surface area contributed by atoms with Gasteiger partial charge in [-0.2, -0.15) is 10.5 Å². The van der Waals surface area contributed by atoms with Gasteiger partial charge in [0.2, 0.25) is 0 Å². The molecule has 0 unspecified atom stereocenters. The van der Waals surface area contributed by atoms with E-state index in [0.717, 1.165) is 44.9 Å². The van der Waals surface area contributed by atoms with Gasteiger partial charge in [0.15, 0.2) is 0 Å². The number of ether oxygens (including phenoxy) is 2. The number of rotatable bonds is 15. The highest BCUT2D eigenvalue weighted by atomic mass is 16.5. The third kappa shape index (κ3) is 8.23. The number of nitrogens with one attached hydrogen (secondary N) is 2. The van der Waals surface area contributed by atoms with Crippen molar-refractivity contribution < 1.29 is 19.7 Å². The van der Waals surface area contributed by atoms with Crippen molar-refractivity contribution in [2.24, 2.45) is 0 Å². The molecular weight excluding hydrogens is 552 g/mol. The minimum absolute atomic E-state index is 0.0918. The zero-order chi connectivity index (χ0) is 31.3. The Balaban J connectivity index is 1.52. The fourth-order valence-electron chi connectivity index (χ4n) is 5.06. The minimum Gasteiger partial charge on any atom is -0.489 e. The highest BCUT2D eigenvalue weighted by Crippen LogP contribution is 2.32. The minimum atomic E-state index is 0.0918. The molecule has 4 aromatic rings. The van der Waals surface area contributed by atoms with Crippen LogP contribution in [-0.2, 0) is 26.3 Å². The van der Waals surface area contributed by atoms with Gasteiger partial charge in [0.05, 0.1) is 24.3 Å². The van der Waals surface area contributed by atoms with Gasteiger partial charge in [-0.25, -0.2) is 0 Å². The van der Waals surface area contributed by atoms with E-state index in [9.17, 15) is 10.5 Å². The third-order valence-corrected chi connectivity index (χ3v) is 7.30. The lowest BCUT2D eigenvalue weighted by molar-refractivity contribution is 0.291. The Bertz CT molecular complexity index is 1530. The van der Waals surface area contributed by atoms with Gasteiger partial charge in [-0.05, 0) is 48.2 Å². The molecule has 0 bridgehead atoms. The summed E-state index contributed by atoms with van der Waals surface area (Å²) in [6, 6.07) is 27.8. The summed E-state index contributed by atoms with van der Waals surface area (Å²) in [7, 11) is 0. The van der Waals surface area contributed by atoms with Crippen molar-refractivity contribution in [2.75, 3.05) is 26.3 Å². The van der Waals surface area contributed by atoms with E-state index in [0.29, 0.717) is 48.4 Å². The first-order chi connectivity index (χ1) is 21.5. The molecule has 0 fully saturated rings. The zero-order valence-corrected chi connectivity index (χ0v) is 25.2. The highest BCUT2D eigenvalue weighted by molar-refractivity contribution is 5.78. The first-order valence-electron chi connectivity index (χ1n) is 14.6. The van der Waals surface area contributed by atoms with Crippen LogP contribution in [0, 0.1) is 36.5 Å². The number of nitrogens with zero attached hydrogens (tertiary/aromatic N) is 2. The fourth-order valence-corrected chi connectivity index (χ4v) is 5.06. The Morgan fingerprint density at radius 3 is 1.43 bits per heavy atom. The van der Waals surface area contributed by atoms with Crippen LogP contribution in [0.1, 0.15) is 44.5 Å². The molecule has 0 spiro atoms. The fraction of sp³-hybridized carbons (Fsp3) is 0.278. The van der Waals surface area contributed by atoms with E-state index in [2.05, 4.69) is 22.8 Å². The predicted molar refractivity (Wildman–Crippen MR) is 170 cm³/mol. The first-order valence-corrected chi connectivity index (χ1v) is 14.6. The average Bonchev–Trinajstić information content (AvgIpc) is 3.03. The summed E-state index contributed by atoms with van der Waals surface area (Å²) in [5.74, 6) is 1.46. The van der Waals surface area contributed by atoms with Gasteiger partial charge in [0.1, 0.15) is 36.9 Å². The molecule has 44 heavy (non-hydrogen) atoms. The van der Waals surface area contributed by atoms with Crippen molar-refractivity contribution in [1.82, 2.24) is 10.6 Å². The second-order valence-corrected chi connectivity index (χ2v) is 10.5. The molecule has 0 aromatic heterocycles. The molecule has 0 aliphatic rings. The van der Waals surface area contributed by atoms with Crippen molar-refractivity contribution in [3.63, 3.8) is 0 Å². The van der Waals surface area contributed by atoms with Gasteiger partial charge >= 0.3 is 0 Å². The molecule has 4 N–H and O–H groups in total. The van der Waals surface area contributed by atoms with Crippen molar-refractivity contribution in [3.8, 4) is 34.8 Å². The normalized spacial score (nSPS) is 10.7. The Hall–Kier alpha value is -4.70. The molecule has 0 saturated heterocycles. The maximum Gasteiger partial charge on any atom is 0.122 e. The Labute approximate surface area is 259 Å². The number of nitriles is 2. The van der Waals surface area contributed by atoms with Crippen molar-refractivity contribution in [3.05, 3.63) is 117 Å². The van der Waals surface area contributed by atoms with Crippen LogP contribution in [0.15, 0.2) is 72.8 Å². The smallest absolute Gasteiger partial charge is 0.122 e. The summed E-state index contributed by atoms with van der Waals surface area (Å²) in [4.78, 5) is 0. The number of hydrogen-bond acceptors (Lipinski definition) is 8. The van der Waals surface area contributed by atoms with Crippen LogP contribution >= 0.6 is 0 Å². The second-order valence-electron chi connectivity index (χ2n) is 10.5. The molecule has 0 aliphatic carbocycles. The van der Waals surface area contributed by atoms with Crippen LogP contribution in [0.5, 0.6) is 11.5 Å². The summed E-state index contributed by atoms with van der Waals surface area (Å²) in [5, 5.41) is 44.7. The molecule has 0 aliphatic heterocycles. The molecule has 0 radical (unpaired) electrons. The standard InChI is InChI=1S/C36H38N4O4/c1-25-17-27(21-39-13-15-41)9-11-35(25)43-23-29-5-3-7-31(33(29)19-37)32-8-4-6-30(34(32)20-38)24-44-36-12-10-28(18-26(36)2)22-40-14-16-42/h3-12,17-18,39-42H,13-16,21-24H2,1-2H3.